The Morgan fingerprint density at radius 3 is 3.11 bits per heavy atom. The Morgan fingerprint density at radius 2 is 2.39 bits per heavy atom. The van der Waals surface area contributed by atoms with E-state index >= 15 is 0 Å². The van der Waals surface area contributed by atoms with Crippen molar-refractivity contribution >= 4 is 23.4 Å². The molecule has 3 heterocycles. The van der Waals surface area contributed by atoms with Crippen LogP contribution in [0.25, 0.3) is 11.2 Å². The van der Waals surface area contributed by atoms with Crippen LogP contribution < -0.4 is 0 Å². The van der Waals surface area contributed by atoms with Gasteiger partial charge in [0.05, 0.1) is 5.52 Å². The monoisotopic (exact) mass is 262 g/mol. The minimum absolute atomic E-state index is 0.684. The lowest BCUT2D eigenvalue weighted by Crippen LogP contribution is -2.17. The van der Waals surface area contributed by atoms with Gasteiger partial charge in [-0.2, -0.15) is 0 Å². The molecule has 5 heteroatoms. The molecule has 2 aromatic rings. The zero-order valence-electron chi connectivity index (χ0n) is 10.8. The van der Waals surface area contributed by atoms with Gasteiger partial charge in [-0.05, 0) is 56.7 Å². The molecular formula is C13H18N4S. The van der Waals surface area contributed by atoms with Gasteiger partial charge >= 0.3 is 0 Å². The van der Waals surface area contributed by atoms with E-state index in [-0.39, 0.29) is 0 Å². The summed E-state index contributed by atoms with van der Waals surface area (Å²) in [5.41, 5.74) is 3.19. The summed E-state index contributed by atoms with van der Waals surface area (Å²) in [7, 11) is 2.18. The van der Waals surface area contributed by atoms with Crippen molar-refractivity contribution in [3.05, 3.63) is 22.6 Å². The number of pyridine rings is 1. The molecule has 18 heavy (non-hydrogen) atoms. The van der Waals surface area contributed by atoms with E-state index in [2.05, 4.69) is 32.5 Å². The molecule has 0 radical (unpaired) electrons. The van der Waals surface area contributed by atoms with Gasteiger partial charge in [-0.25, -0.2) is 4.98 Å². The van der Waals surface area contributed by atoms with Gasteiger partial charge in [-0.3, -0.25) is 0 Å². The van der Waals surface area contributed by atoms with Crippen molar-refractivity contribution in [3.8, 4) is 0 Å². The first-order valence-electron chi connectivity index (χ1n) is 6.37. The number of hydrogen-bond acceptors (Lipinski definition) is 3. The first kappa shape index (κ1) is 11.9. The van der Waals surface area contributed by atoms with Crippen LogP contribution in [0.1, 0.15) is 12.0 Å². The minimum atomic E-state index is 0.684. The Bertz CT molecular complexity index is 627. The molecule has 96 valence electrons. The Labute approximate surface area is 112 Å². The number of rotatable bonds is 2. The van der Waals surface area contributed by atoms with Crippen LogP contribution in [0.3, 0.4) is 0 Å². The van der Waals surface area contributed by atoms with Crippen LogP contribution in [0, 0.1) is 17.6 Å². The van der Waals surface area contributed by atoms with E-state index in [0.717, 1.165) is 34.6 Å². The topological polar surface area (TPSA) is 36.9 Å². The average Bonchev–Trinajstić information content (AvgIpc) is 2.84. The molecule has 0 bridgehead atoms. The van der Waals surface area contributed by atoms with E-state index in [0.29, 0.717) is 5.92 Å². The van der Waals surface area contributed by atoms with Gasteiger partial charge in [0.2, 0.25) is 0 Å². The molecule has 1 atom stereocenters. The van der Waals surface area contributed by atoms with Crippen LogP contribution >= 0.6 is 12.2 Å². The van der Waals surface area contributed by atoms with Gasteiger partial charge < -0.3 is 14.5 Å². The largest absolute Gasteiger partial charge is 0.329 e. The van der Waals surface area contributed by atoms with E-state index in [9.17, 15) is 0 Å². The molecule has 3 rings (SSSR count). The third-order valence-corrected chi connectivity index (χ3v) is 4.00. The van der Waals surface area contributed by atoms with Crippen molar-refractivity contribution in [1.29, 1.82) is 0 Å². The molecule has 4 nitrogen and oxygen atoms in total. The lowest BCUT2D eigenvalue weighted by atomic mass is 10.1. The van der Waals surface area contributed by atoms with E-state index in [1.54, 1.807) is 0 Å². The second-order valence-corrected chi connectivity index (χ2v) is 5.73. The van der Waals surface area contributed by atoms with Crippen molar-refractivity contribution in [3.63, 3.8) is 0 Å². The highest BCUT2D eigenvalue weighted by molar-refractivity contribution is 7.71. The number of likely N-dealkylation sites (tertiary alicyclic amines) is 1. The summed E-state index contributed by atoms with van der Waals surface area (Å²) in [5, 5.41) is 0. The molecule has 1 fully saturated rings. The van der Waals surface area contributed by atoms with Gasteiger partial charge in [-0.1, -0.05) is 0 Å². The highest BCUT2D eigenvalue weighted by Gasteiger charge is 2.21. The van der Waals surface area contributed by atoms with Gasteiger partial charge in [0.1, 0.15) is 0 Å². The van der Waals surface area contributed by atoms with Crippen LogP contribution in [0.15, 0.2) is 12.3 Å². The number of aromatic amines is 1. The number of aryl methyl sites for hydroxylation is 1. The molecule has 0 aromatic carbocycles. The highest BCUT2D eigenvalue weighted by atomic mass is 32.1. The third kappa shape index (κ3) is 2.08. The predicted octanol–water partition coefficient (Wildman–Crippen LogP) is 2.35. The standard InChI is InChI=1S/C13H18N4S/c1-9-5-11-12(14-6-9)17(13(18)15-11)8-10-3-4-16(2)7-10/h5-6,10H,3-4,7-8H2,1-2H3,(H,15,18). The molecular weight excluding hydrogens is 244 g/mol. The lowest BCUT2D eigenvalue weighted by molar-refractivity contribution is 0.379. The van der Waals surface area contributed by atoms with Crippen LogP contribution in [-0.2, 0) is 6.54 Å². The number of nitrogens with zero attached hydrogens (tertiary/aromatic N) is 3. The first-order chi connectivity index (χ1) is 8.63. The Balaban J connectivity index is 1.96. The smallest absolute Gasteiger partial charge is 0.179 e. The fourth-order valence-corrected chi connectivity index (χ4v) is 3.02. The summed E-state index contributed by atoms with van der Waals surface area (Å²) in [6.45, 7) is 5.36. The number of nitrogens with one attached hydrogen (secondary N) is 1. The molecule has 0 amide bonds. The maximum Gasteiger partial charge on any atom is 0.179 e. The lowest BCUT2D eigenvalue weighted by Gasteiger charge is -2.11. The highest BCUT2D eigenvalue weighted by Crippen LogP contribution is 2.20. The summed E-state index contributed by atoms with van der Waals surface area (Å²) in [6.07, 6.45) is 3.15. The molecule has 1 saturated heterocycles. The van der Waals surface area contributed by atoms with Crippen molar-refractivity contribution in [2.24, 2.45) is 5.92 Å². The second-order valence-electron chi connectivity index (χ2n) is 5.34. The van der Waals surface area contributed by atoms with Gasteiger partial charge in [0.25, 0.3) is 0 Å². The number of H-pyrrole nitrogens is 1. The van der Waals surface area contributed by atoms with Crippen LogP contribution in [0.2, 0.25) is 0 Å². The molecule has 0 spiro atoms. The van der Waals surface area contributed by atoms with Crippen LogP contribution in [-0.4, -0.2) is 39.6 Å². The van der Waals surface area contributed by atoms with E-state index in [4.69, 9.17) is 12.2 Å². The average molecular weight is 262 g/mol. The summed E-state index contributed by atoms with van der Waals surface area (Å²) in [4.78, 5) is 10.1. The summed E-state index contributed by atoms with van der Waals surface area (Å²) < 4.78 is 2.94. The number of aromatic nitrogens is 3. The fourth-order valence-electron chi connectivity index (χ4n) is 2.75. The number of imidazole rings is 1. The van der Waals surface area contributed by atoms with E-state index < -0.39 is 0 Å². The third-order valence-electron chi connectivity index (χ3n) is 3.68. The normalized spacial score (nSPS) is 20.9. The molecule has 0 saturated carbocycles. The maximum absolute atomic E-state index is 5.41. The van der Waals surface area contributed by atoms with Gasteiger partial charge in [-0.15, -0.1) is 0 Å². The van der Waals surface area contributed by atoms with Gasteiger partial charge in [0.15, 0.2) is 10.4 Å². The first-order valence-corrected chi connectivity index (χ1v) is 6.78. The number of hydrogen-bond donors (Lipinski definition) is 1. The quantitative estimate of drug-likeness (QED) is 0.844. The van der Waals surface area contributed by atoms with Crippen molar-refractivity contribution in [2.75, 3.05) is 20.1 Å². The fraction of sp³-hybridized carbons (Fsp3) is 0.538. The van der Waals surface area contributed by atoms with Crippen LogP contribution in [0.4, 0.5) is 0 Å². The van der Waals surface area contributed by atoms with E-state index in [1.165, 1.54) is 13.0 Å². The predicted molar refractivity (Wildman–Crippen MR) is 75.3 cm³/mol. The zero-order chi connectivity index (χ0) is 12.7. The molecule has 1 N–H and O–H groups in total. The molecule has 0 aliphatic carbocycles. The summed E-state index contributed by atoms with van der Waals surface area (Å²) in [6, 6.07) is 2.11. The Morgan fingerprint density at radius 1 is 1.56 bits per heavy atom. The van der Waals surface area contributed by atoms with Crippen molar-refractivity contribution < 1.29 is 0 Å². The van der Waals surface area contributed by atoms with Gasteiger partial charge in [0, 0.05) is 19.3 Å². The SMILES string of the molecule is Cc1cnc2c(c1)[nH]c(=S)n2CC1CCN(C)C1. The molecule has 1 aliphatic heterocycles. The Kier molecular flexibility index (Phi) is 2.95. The zero-order valence-corrected chi connectivity index (χ0v) is 11.6. The van der Waals surface area contributed by atoms with E-state index in [1.807, 2.05) is 13.1 Å². The summed E-state index contributed by atoms with van der Waals surface area (Å²) >= 11 is 5.41. The minimum Gasteiger partial charge on any atom is -0.329 e. The Hall–Kier alpha value is -1.20. The number of fused-ring (bicyclic) bond motifs is 1. The second kappa shape index (κ2) is 4.48. The maximum atomic E-state index is 5.41. The molecule has 2 aromatic heterocycles. The van der Waals surface area contributed by atoms with Crippen molar-refractivity contribution in [1.82, 2.24) is 19.4 Å². The van der Waals surface area contributed by atoms with Crippen molar-refractivity contribution in [2.45, 2.75) is 19.9 Å². The molecule has 1 unspecified atom stereocenters. The summed E-state index contributed by atoms with van der Waals surface area (Å²) in [5.74, 6) is 0.684. The van der Waals surface area contributed by atoms with Crippen LogP contribution in [0.5, 0.6) is 0 Å². The molecule has 1 aliphatic rings.